The van der Waals surface area contributed by atoms with E-state index in [1.54, 1.807) is 18.3 Å². The van der Waals surface area contributed by atoms with Gasteiger partial charge in [0.1, 0.15) is 0 Å². The summed E-state index contributed by atoms with van der Waals surface area (Å²) in [7, 11) is 0. The number of hydrogen-bond acceptors (Lipinski definition) is 4. The third-order valence-corrected chi connectivity index (χ3v) is 3.65. The Morgan fingerprint density at radius 3 is 2.74 bits per heavy atom. The van der Waals surface area contributed by atoms with Crippen molar-refractivity contribution in [1.29, 1.82) is 0 Å². The van der Waals surface area contributed by atoms with Gasteiger partial charge in [-0.15, -0.1) is 0 Å². The Morgan fingerprint density at radius 2 is 2.16 bits per heavy atom. The molecule has 1 fully saturated rings. The third kappa shape index (κ3) is 3.44. The van der Waals surface area contributed by atoms with Crippen LogP contribution in [0.1, 0.15) is 37.2 Å². The van der Waals surface area contributed by atoms with Crippen LogP contribution in [0.4, 0.5) is 5.69 Å². The Morgan fingerprint density at radius 1 is 1.47 bits per heavy atom. The lowest BCUT2D eigenvalue weighted by atomic mass is 10.0. The zero-order valence-corrected chi connectivity index (χ0v) is 11.6. The number of carbonyl (C=O) groups excluding carboxylic acids is 1. The number of likely N-dealkylation sites (tertiary alicyclic amines) is 1. The van der Waals surface area contributed by atoms with Gasteiger partial charge in [0.15, 0.2) is 5.69 Å². The van der Waals surface area contributed by atoms with Crippen LogP contribution in [0.3, 0.4) is 0 Å². The first-order chi connectivity index (χ1) is 9.08. The number of nitrogens with one attached hydrogen (secondary N) is 1. The summed E-state index contributed by atoms with van der Waals surface area (Å²) in [5, 5.41) is 3.03. The van der Waals surface area contributed by atoms with Crippen LogP contribution in [0.2, 0.25) is 0 Å². The first kappa shape index (κ1) is 13.8. The highest BCUT2D eigenvalue weighted by Crippen LogP contribution is 2.14. The number of carbonyl (C=O) groups is 1. The molecule has 2 heterocycles. The Bertz CT molecular complexity index is 439. The van der Waals surface area contributed by atoms with E-state index in [1.165, 1.54) is 0 Å². The van der Waals surface area contributed by atoms with Gasteiger partial charge < -0.3 is 16.0 Å². The number of amides is 1. The number of nitrogen functional groups attached to an aromatic ring is 1. The first-order valence-corrected chi connectivity index (χ1v) is 6.83. The summed E-state index contributed by atoms with van der Waals surface area (Å²) in [6.07, 6.45) is 3.56. The monoisotopic (exact) mass is 262 g/mol. The Kier molecular flexibility index (Phi) is 4.37. The van der Waals surface area contributed by atoms with Gasteiger partial charge in [0.2, 0.25) is 0 Å². The molecule has 0 bridgehead atoms. The van der Waals surface area contributed by atoms with Crippen molar-refractivity contribution >= 4 is 11.6 Å². The number of piperidine rings is 1. The molecule has 19 heavy (non-hydrogen) atoms. The van der Waals surface area contributed by atoms with E-state index in [2.05, 4.69) is 29.0 Å². The molecule has 1 aromatic rings. The molecule has 0 saturated carbocycles. The number of hydrogen-bond donors (Lipinski definition) is 2. The first-order valence-electron chi connectivity index (χ1n) is 6.83. The Hall–Kier alpha value is -1.62. The molecule has 0 aliphatic carbocycles. The topological polar surface area (TPSA) is 71.2 Å². The fraction of sp³-hybridized carbons (Fsp3) is 0.571. The van der Waals surface area contributed by atoms with E-state index in [9.17, 15) is 4.79 Å². The summed E-state index contributed by atoms with van der Waals surface area (Å²) >= 11 is 0. The normalized spacial score (nSPS) is 17.6. The van der Waals surface area contributed by atoms with Crippen LogP contribution in [-0.4, -0.2) is 41.0 Å². The fourth-order valence-corrected chi connectivity index (χ4v) is 2.42. The van der Waals surface area contributed by atoms with Crippen LogP contribution < -0.4 is 11.1 Å². The molecule has 0 radical (unpaired) electrons. The SMILES string of the molecule is CC(C)N1CCC(NC(=O)c2ncccc2N)CC1. The summed E-state index contributed by atoms with van der Waals surface area (Å²) in [5.41, 5.74) is 6.51. The van der Waals surface area contributed by atoms with E-state index in [4.69, 9.17) is 5.73 Å². The van der Waals surface area contributed by atoms with Crippen molar-refractivity contribution in [2.45, 2.75) is 38.8 Å². The van der Waals surface area contributed by atoms with Gasteiger partial charge in [0.25, 0.3) is 5.91 Å². The van der Waals surface area contributed by atoms with E-state index < -0.39 is 0 Å². The van der Waals surface area contributed by atoms with Crippen molar-refractivity contribution in [1.82, 2.24) is 15.2 Å². The van der Waals surface area contributed by atoms with Crippen LogP contribution in [0.15, 0.2) is 18.3 Å². The second-order valence-electron chi connectivity index (χ2n) is 5.32. The highest BCUT2D eigenvalue weighted by atomic mass is 16.2. The van der Waals surface area contributed by atoms with Crippen LogP contribution in [0.5, 0.6) is 0 Å². The summed E-state index contributed by atoms with van der Waals surface area (Å²) in [6, 6.07) is 4.23. The van der Waals surface area contributed by atoms with Crippen LogP contribution >= 0.6 is 0 Å². The van der Waals surface area contributed by atoms with E-state index in [1.807, 2.05) is 0 Å². The average molecular weight is 262 g/mol. The lowest BCUT2D eigenvalue weighted by molar-refractivity contribution is 0.0896. The number of nitrogens with two attached hydrogens (primary N) is 1. The number of anilines is 1. The minimum atomic E-state index is -0.166. The van der Waals surface area contributed by atoms with Gasteiger partial charge in [-0.3, -0.25) is 4.79 Å². The van der Waals surface area contributed by atoms with Gasteiger partial charge in [-0.05, 0) is 38.8 Å². The highest BCUT2D eigenvalue weighted by molar-refractivity contribution is 5.97. The molecule has 3 N–H and O–H groups in total. The molecule has 1 aliphatic rings. The van der Waals surface area contributed by atoms with Crippen molar-refractivity contribution in [3.63, 3.8) is 0 Å². The zero-order chi connectivity index (χ0) is 13.8. The van der Waals surface area contributed by atoms with Crippen molar-refractivity contribution in [3.05, 3.63) is 24.0 Å². The summed E-state index contributed by atoms with van der Waals surface area (Å²) in [5.74, 6) is -0.166. The van der Waals surface area contributed by atoms with Gasteiger partial charge in [0.05, 0.1) is 5.69 Å². The maximum absolute atomic E-state index is 12.1. The van der Waals surface area contributed by atoms with Crippen LogP contribution in [-0.2, 0) is 0 Å². The van der Waals surface area contributed by atoms with Gasteiger partial charge >= 0.3 is 0 Å². The lowest BCUT2D eigenvalue weighted by Gasteiger charge is -2.34. The quantitative estimate of drug-likeness (QED) is 0.860. The Labute approximate surface area is 114 Å². The molecule has 1 aromatic heterocycles. The minimum absolute atomic E-state index is 0.166. The molecule has 2 rings (SSSR count). The Balaban J connectivity index is 1.89. The molecule has 1 aliphatic heterocycles. The summed E-state index contributed by atoms with van der Waals surface area (Å²) < 4.78 is 0. The average Bonchev–Trinajstić information content (AvgIpc) is 2.39. The molecule has 0 unspecified atom stereocenters. The number of nitrogens with zero attached hydrogens (tertiary/aromatic N) is 2. The predicted molar refractivity (Wildman–Crippen MR) is 75.8 cm³/mol. The number of rotatable bonds is 3. The van der Waals surface area contributed by atoms with Crippen molar-refractivity contribution in [2.24, 2.45) is 0 Å². The molecule has 1 amide bonds. The van der Waals surface area contributed by atoms with Gasteiger partial charge in [-0.2, -0.15) is 0 Å². The smallest absolute Gasteiger partial charge is 0.272 e. The minimum Gasteiger partial charge on any atom is -0.397 e. The predicted octanol–water partition coefficient (Wildman–Crippen LogP) is 1.27. The molecular formula is C14H22N4O. The highest BCUT2D eigenvalue weighted by Gasteiger charge is 2.23. The second kappa shape index (κ2) is 6.02. The van der Waals surface area contributed by atoms with Crippen LogP contribution in [0, 0.1) is 0 Å². The molecule has 0 atom stereocenters. The molecule has 0 spiro atoms. The van der Waals surface area contributed by atoms with Crippen molar-refractivity contribution in [2.75, 3.05) is 18.8 Å². The summed E-state index contributed by atoms with van der Waals surface area (Å²) in [4.78, 5) is 18.5. The molecule has 0 aromatic carbocycles. The van der Waals surface area contributed by atoms with E-state index >= 15 is 0 Å². The molecule has 104 valence electrons. The maximum atomic E-state index is 12.1. The lowest BCUT2D eigenvalue weighted by Crippen LogP contribution is -2.46. The van der Waals surface area contributed by atoms with Gasteiger partial charge in [-0.25, -0.2) is 4.98 Å². The second-order valence-corrected chi connectivity index (χ2v) is 5.32. The third-order valence-electron chi connectivity index (χ3n) is 3.65. The van der Waals surface area contributed by atoms with E-state index in [-0.39, 0.29) is 11.9 Å². The van der Waals surface area contributed by atoms with Crippen molar-refractivity contribution < 1.29 is 4.79 Å². The number of pyridine rings is 1. The van der Waals surface area contributed by atoms with E-state index in [0.29, 0.717) is 17.4 Å². The van der Waals surface area contributed by atoms with E-state index in [0.717, 1.165) is 25.9 Å². The molecular weight excluding hydrogens is 240 g/mol. The zero-order valence-electron chi connectivity index (χ0n) is 11.6. The molecule has 5 nitrogen and oxygen atoms in total. The standard InChI is InChI=1S/C14H22N4O/c1-10(2)18-8-5-11(6-9-18)17-14(19)13-12(15)4-3-7-16-13/h3-4,7,10-11H,5-6,8-9,15H2,1-2H3,(H,17,19). The summed E-state index contributed by atoms with van der Waals surface area (Å²) in [6.45, 7) is 6.46. The van der Waals surface area contributed by atoms with Crippen LogP contribution in [0.25, 0.3) is 0 Å². The fourth-order valence-electron chi connectivity index (χ4n) is 2.42. The largest absolute Gasteiger partial charge is 0.397 e. The number of aromatic nitrogens is 1. The maximum Gasteiger partial charge on any atom is 0.272 e. The van der Waals surface area contributed by atoms with Gasteiger partial charge in [-0.1, -0.05) is 0 Å². The molecule has 1 saturated heterocycles. The molecule has 5 heteroatoms. The van der Waals surface area contributed by atoms with Gasteiger partial charge in [0, 0.05) is 31.4 Å². The van der Waals surface area contributed by atoms with Crippen molar-refractivity contribution in [3.8, 4) is 0 Å².